The van der Waals surface area contributed by atoms with Crippen LogP contribution in [0.3, 0.4) is 0 Å². The Morgan fingerprint density at radius 2 is 1.57 bits per heavy atom. The van der Waals surface area contributed by atoms with Crippen LogP contribution in [0, 0.1) is 5.41 Å². The first kappa shape index (κ1) is 18.7. The van der Waals surface area contributed by atoms with Crippen LogP contribution >= 0.6 is 0 Å². The molecule has 7 heteroatoms. The van der Waals surface area contributed by atoms with Crippen molar-refractivity contribution in [2.45, 2.75) is 83.2 Å². The third-order valence-corrected chi connectivity index (χ3v) is 5.86. The molecule has 0 radical (unpaired) electrons. The highest BCUT2D eigenvalue weighted by Crippen LogP contribution is 2.40. The number of rotatable bonds is 4. The third kappa shape index (κ3) is 5.13. The number of hydrogen-bond donors (Lipinski definition) is 0. The quantitative estimate of drug-likeness (QED) is 0.551. The molecule has 0 saturated heterocycles. The lowest BCUT2D eigenvalue weighted by atomic mass is 9.74. The predicted molar refractivity (Wildman–Crippen MR) is 75.2 cm³/mol. The maximum atomic E-state index is 12.4. The van der Waals surface area contributed by atoms with Gasteiger partial charge >= 0.3 is 15.6 Å². The van der Waals surface area contributed by atoms with Crippen LogP contribution in [-0.4, -0.2) is 20.0 Å². The van der Waals surface area contributed by atoms with Gasteiger partial charge in [0.2, 0.25) is 0 Å². The monoisotopic (exact) mass is 330 g/mol. The number of alkyl halides is 3. The number of hydrogen-bond acceptors (Lipinski definition) is 3. The molecule has 1 aliphatic carbocycles. The molecule has 0 aliphatic heterocycles. The number of halogens is 3. The second-order valence-electron chi connectivity index (χ2n) is 5.96. The highest BCUT2D eigenvalue weighted by Gasteiger charge is 2.48. The summed E-state index contributed by atoms with van der Waals surface area (Å²) in [6.07, 6.45) is 6.31. The van der Waals surface area contributed by atoms with Crippen molar-refractivity contribution in [1.82, 2.24) is 0 Å². The molecule has 1 rings (SSSR count). The van der Waals surface area contributed by atoms with Gasteiger partial charge in [0.25, 0.3) is 0 Å². The van der Waals surface area contributed by atoms with Crippen molar-refractivity contribution >= 4 is 10.1 Å². The van der Waals surface area contributed by atoms with Crippen LogP contribution in [0.4, 0.5) is 13.2 Å². The molecular weight excluding hydrogens is 305 g/mol. The molecule has 0 N–H and O–H groups in total. The molecule has 0 aromatic rings. The Hall–Kier alpha value is -0.300. The van der Waals surface area contributed by atoms with Crippen LogP contribution in [0.15, 0.2) is 0 Å². The van der Waals surface area contributed by atoms with Gasteiger partial charge in [0.1, 0.15) is 0 Å². The molecule has 3 nitrogen and oxygen atoms in total. The lowest BCUT2D eigenvalue weighted by molar-refractivity contribution is -0.0579. The summed E-state index contributed by atoms with van der Waals surface area (Å²) >= 11 is 0. The molecule has 0 bridgehead atoms. The van der Waals surface area contributed by atoms with Gasteiger partial charge in [-0.15, -0.1) is 0 Å². The van der Waals surface area contributed by atoms with E-state index in [9.17, 15) is 21.6 Å². The molecular formula is C14H25F3O3S. The van der Waals surface area contributed by atoms with Crippen molar-refractivity contribution in [3.8, 4) is 0 Å². The fourth-order valence-corrected chi connectivity index (χ4v) is 3.79. The van der Waals surface area contributed by atoms with Gasteiger partial charge in [-0.3, -0.25) is 4.18 Å². The summed E-state index contributed by atoms with van der Waals surface area (Å²) < 4.78 is 63.7. The zero-order chi connectivity index (χ0) is 16.1. The summed E-state index contributed by atoms with van der Waals surface area (Å²) in [5.41, 5.74) is -5.08. The van der Waals surface area contributed by atoms with E-state index in [1.54, 1.807) is 0 Å². The van der Waals surface area contributed by atoms with Crippen molar-refractivity contribution in [3.05, 3.63) is 0 Å². The molecule has 0 spiro atoms. The highest BCUT2D eigenvalue weighted by molar-refractivity contribution is 7.87. The third-order valence-electron chi connectivity index (χ3n) is 4.76. The first-order valence-corrected chi connectivity index (χ1v) is 9.06. The molecule has 21 heavy (non-hydrogen) atoms. The first-order valence-electron chi connectivity index (χ1n) is 7.65. The fraction of sp³-hybridized carbons (Fsp3) is 1.00. The average molecular weight is 330 g/mol. The lowest BCUT2D eigenvalue weighted by Gasteiger charge is -2.31. The fourth-order valence-electron chi connectivity index (χ4n) is 3.13. The topological polar surface area (TPSA) is 43.4 Å². The highest BCUT2D eigenvalue weighted by atomic mass is 32.2. The molecule has 1 fully saturated rings. The van der Waals surface area contributed by atoms with Gasteiger partial charge in [-0.2, -0.15) is 21.6 Å². The van der Waals surface area contributed by atoms with E-state index in [2.05, 4.69) is 18.0 Å². The SMILES string of the molecule is CCC1(CC)CCCCC(OS(=O)(=O)C(F)(F)F)CCC1. The largest absolute Gasteiger partial charge is 0.523 e. The summed E-state index contributed by atoms with van der Waals surface area (Å²) in [6.45, 7) is 4.28. The van der Waals surface area contributed by atoms with Gasteiger partial charge in [0.05, 0.1) is 6.10 Å². The van der Waals surface area contributed by atoms with E-state index in [1.807, 2.05) is 0 Å². The molecule has 1 aliphatic rings. The zero-order valence-corrected chi connectivity index (χ0v) is 13.5. The van der Waals surface area contributed by atoms with E-state index in [0.29, 0.717) is 25.7 Å². The summed E-state index contributed by atoms with van der Waals surface area (Å²) in [6, 6.07) is 0. The Balaban J connectivity index is 2.69. The van der Waals surface area contributed by atoms with E-state index < -0.39 is 21.7 Å². The first-order chi connectivity index (χ1) is 9.66. The van der Waals surface area contributed by atoms with Gasteiger partial charge in [-0.05, 0) is 31.1 Å². The van der Waals surface area contributed by atoms with Gasteiger partial charge in [-0.1, -0.05) is 46.0 Å². The normalized spacial score (nSPS) is 24.9. The van der Waals surface area contributed by atoms with Crippen molar-refractivity contribution in [1.29, 1.82) is 0 Å². The maximum Gasteiger partial charge on any atom is 0.523 e. The second kappa shape index (κ2) is 7.31. The molecule has 1 saturated carbocycles. The van der Waals surface area contributed by atoms with Gasteiger partial charge in [0, 0.05) is 0 Å². The zero-order valence-electron chi connectivity index (χ0n) is 12.7. The molecule has 0 heterocycles. The van der Waals surface area contributed by atoms with E-state index in [1.165, 1.54) is 0 Å². The van der Waals surface area contributed by atoms with Gasteiger partial charge < -0.3 is 0 Å². The van der Waals surface area contributed by atoms with Crippen LogP contribution in [0.25, 0.3) is 0 Å². The summed E-state index contributed by atoms with van der Waals surface area (Å²) in [7, 11) is -5.48. The smallest absolute Gasteiger partial charge is 0.260 e. The van der Waals surface area contributed by atoms with Crippen molar-refractivity contribution in [2.24, 2.45) is 5.41 Å². The molecule has 0 amide bonds. The second-order valence-corrected chi connectivity index (χ2v) is 7.53. The average Bonchev–Trinajstić information content (AvgIpc) is 2.48. The van der Waals surface area contributed by atoms with E-state index in [-0.39, 0.29) is 5.41 Å². The predicted octanol–water partition coefficient (Wildman–Crippen LogP) is 4.77. The Morgan fingerprint density at radius 3 is 2.10 bits per heavy atom. The van der Waals surface area contributed by atoms with E-state index in [0.717, 1.165) is 32.1 Å². The van der Waals surface area contributed by atoms with Crippen LogP contribution in [0.5, 0.6) is 0 Å². The maximum absolute atomic E-state index is 12.4. The minimum absolute atomic E-state index is 0.248. The molecule has 1 atom stereocenters. The summed E-state index contributed by atoms with van der Waals surface area (Å²) in [5.74, 6) is 0. The van der Waals surface area contributed by atoms with Crippen molar-refractivity contribution in [3.63, 3.8) is 0 Å². The van der Waals surface area contributed by atoms with Crippen molar-refractivity contribution in [2.75, 3.05) is 0 Å². The van der Waals surface area contributed by atoms with Crippen LogP contribution in [-0.2, 0) is 14.3 Å². The Labute approximate surface area is 125 Å². The molecule has 0 aromatic carbocycles. The lowest BCUT2D eigenvalue weighted by Crippen LogP contribution is -2.30. The summed E-state index contributed by atoms with van der Waals surface area (Å²) in [4.78, 5) is 0. The van der Waals surface area contributed by atoms with Crippen LogP contribution in [0.1, 0.15) is 71.6 Å². The minimum Gasteiger partial charge on any atom is -0.260 e. The molecule has 126 valence electrons. The Bertz CT molecular complexity index is 414. The van der Waals surface area contributed by atoms with E-state index in [4.69, 9.17) is 0 Å². The van der Waals surface area contributed by atoms with Crippen LogP contribution in [0.2, 0.25) is 0 Å². The van der Waals surface area contributed by atoms with Gasteiger partial charge in [-0.25, -0.2) is 0 Å². The molecule has 1 unspecified atom stereocenters. The minimum atomic E-state index is -5.48. The molecule has 0 aromatic heterocycles. The van der Waals surface area contributed by atoms with Crippen LogP contribution < -0.4 is 0 Å². The Kier molecular flexibility index (Phi) is 6.53. The van der Waals surface area contributed by atoms with Crippen molar-refractivity contribution < 1.29 is 25.8 Å². The van der Waals surface area contributed by atoms with Gasteiger partial charge in [0.15, 0.2) is 0 Å². The standard InChI is InChI=1S/C14H25F3O3S/c1-3-13(4-2)10-6-5-8-12(9-7-11-13)20-21(18,19)14(15,16)17/h12H,3-11H2,1-2H3. The summed E-state index contributed by atoms with van der Waals surface area (Å²) in [5, 5.41) is 0. The Morgan fingerprint density at radius 1 is 1.05 bits per heavy atom. The van der Waals surface area contributed by atoms with E-state index >= 15 is 0 Å².